The van der Waals surface area contributed by atoms with E-state index < -0.39 is 0 Å². The summed E-state index contributed by atoms with van der Waals surface area (Å²) in [5.41, 5.74) is 9.25. The number of nitrogens with two attached hydrogens (primary N) is 2. The van der Waals surface area contributed by atoms with Gasteiger partial charge in [-0.2, -0.15) is 0 Å². The first-order valence-corrected chi connectivity index (χ1v) is 2.08. The molecule has 0 saturated carbocycles. The summed E-state index contributed by atoms with van der Waals surface area (Å²) < 4.78 is 0. The maximum Gasteiger partial charge on any atom is 0.0412 e. The average Bonchev–Trinajstić information content (AvgIpc) is 1.65. The van der Waals surface area contributed by atoms with Crippen molar-refractivity contribution in [3.8, 4) is 0 Å². The molecule has 0 bridgehead atoms. The molecule has 42 valence electrons. The van der Waals surface area contributed by atoms with Gasteiger partial charge in [-0.25, -0.2) is 0 Å². The Hall–Kier alpha value is -0.700. The fourth-order valence-corrected chi connectivity index (χ4v) is 0.114. The lowest BCUT2D eigenvalue weighted by atomic mass is 10.4. The standard InChI is InChI=1S/C4H11N3/c1-3(5)4(2)7-6/h7H,5-6H2,1-2H3/b4-3-. The Morgan fingerprint density at radius 2 is 1.86 bits per heavy atom. The molecule has 0 atom stereocenters. The fourth-order valence-electron chi connectivity index (χ4n) is 0.114. The highest BCUT2D eigenvalue weighted by Crippen LogP contribution is 1.85. The van der Waals surface area contributed by atoms with Crippen molar-refractivity contribution < 1.29 is 0 Å². The van der Waals surface area contributed by atoms with Gasteiger partial charge in [-0.15, -0.1) is 0 Å². The molecule has 0 saturated heterocycles. The minimum Gasteiger partial charge on any atom is -0.401 e. The van der Waals surface area contributed by atoms with Crippen LogP contribution in [0.4, 0.5) is 0 Å². The van der Waals surface area contributed by atoms with Gasteiger partial charge in [0.2, 0.25) is 0 Å². The molecule has 0 aromatic heterocycles. The molecule has 0 aliphatic carbocycles. The Morgan fingerprint density at radius 3 is 1.86 bits per heavy atom. The molecule has 0 unspecified atom stereocenters. The van der Waals surface area contributed by atoms with E-state index in [2.05, 4.69) is 5.43 Å². The molecule has 3 heteroatoms. The molecular formula is C4H11N3. The van der Waals surface area contributed by atoms with Crippen LogP contribution in [0.2, 0.25) is 0 Å². The van der Waals surface area contributed by atoms with Crippen molar-refractivity contribution in [3.05, 3.63) is 11.4 Å². The number of hydrazine groups is 1. The number of nitrogens with one attached hydrogen (secondary N) is 1. The quantitative estimate of drug-likeness (QED) is 0.313. The van der Waals surface area contributed by atoms with Gasteiger partial charge < -0.3 is 11.2 Å². The van der Waals surface area contributed by atoms with Crippen LogP contribution in [-0.4, -0.2) is 0 Å². The van der Waals surface area contributed by atoms with Crippen LogP contribution in [0, 0.1) is 0 Å². The summed E-state index contributed by atoms with van der Waals surface area (Å²) in [6, 6.07) is 0. The highest BCUT2D eigenvalue weighted by Gasteiger charge is 1.82. The summed E-state index contributed by atoms with van der Waals surface area (Å²) in [4.78, 5) is 0. The lowest BCUT2D eigenvalue weighted by Crippen LogP contribution is -2.21. The third-order valence-corrected chi connectivity index (χ3v) is 0.808. The Bertz CT molecular complexity index is 80.9. The minimum atomic E-state index is 0.725. The first-order valence-electron chi connectivity index (χ1n) is 2.08. The van der Waals surface area contributed by atoms with Crippen molar-refractivity contribution in [1.29, 1.82) is 0 Å². The number of rotatable bonds is 1. The maximum atomic E-state index is 5.28. The van der Waals surface area contributed by atoms with Gasteiger partial charge in [0, 0.05) is 11.4 Å². The van der Waals surface area contributed by atoms with Crippen molar-refractivity contribution in [2.75, 3.05) is 0 Å². The maximum absolute atomic E-state index is 5.28. The van der Waals surface area contributed by atoms with Crippen LogP contribution in [-0.2, 0) is 0 Å². The van der Waals surface area contributed by atoms with Crippen LogP contribution in [0.25, 0.3) is 0 Å². The summed E-state index contributed by atoms with van der Waals surface area (Å²) in [5, 5.41) is 0. The Morgan fingerprint density at radius 1 is 1.43 bits per heavy atom. The molecule has 0 fully saturated rings. The molecule has 0 aromatic carbocycles. The van der Waals surface area contributed by atoms with Gasteiger partial charge in [-0.05, 0) is 13.8 Å². The summed E-state index contributed by atoms with van der Waals surface area (Å²) >= 11 is 0. The van der Waals surface area contributed by atoms with Gasteiger partial charge in [0.15, 0.2) is 0 Å². The van der Waals surface area contributed by atoms with Crippen molar-refractivity contribution in [2.24, 2.45) is 11.6 Å². The van der Waals surface area contributed by atoms with Crippen molar-refractivity contribution in [3.63, 3.8) is 0 Å². The minimum absolute atomic E-state index is 0.725. The van der Waals surface area contributed by atoms with Crippen molar-refractivity contribution in [1.82, 2.24) is 5.43 Å². The molecular weight excluding hydrogens is 90.1 g/mol. The van der Waals surface area contributed by atoms with Crippen LogP contribution < -0.4 is 17.0 Å². The predicted molar refractivity (Wildman–Crippen MR) is 29.9 cm³/mol. The van der Waals surface area contributed by atoms with E-state index in [0.29, 0.717) is 0 Å². The van der Waals surface area contributed by atoms with E-state index in [4.69, 9.17) is 11.6 Å². The second kappa shape index (κ2) is 2.47. The third-order valence-electron chi connectivity index (χ3n) is 0.808. The molecule has 0 amide bonds. The van der Waals surface area contributed by atoms with Crippen molar-refractivity contribution >= 4 is 0 Å². The van der Waals surface area contributed by atoms with Gasteiger partial charge in [0.25, 0.3) is 0 Å². The van der Waals surface area contributed by atoms with E-state index >= 15 is 0 Å². The number of hydrogen-bond donors (Lipinski definition) is 3. The molecule has 0 heterocycles. The third kappa shape index (κ3) is 2.05. The van der Waals surface area contributed by atoms with E-state index in [0.717, 1.165) is 11.4 Å². The first-order chi connectivity index (χ1) is 3.18. The Balaban J connectivity index is 3.72. The predicted octanol–water partition coefficient (Wildman–Crippen LogP) is -0.340. The zero-order valence-electron chi connectivity index (χ0n) is 4.65. The SMILES string of the molecule is C/C(N)=C(\C)NN. The molecule has 0 rings (SSSR count). The topological polar surface area (TPSA) is 64.1 Å². The normalized spacial score (nSPS) is 13.0. The molecule has 0 spiro atoms. The molecule has 5 N–H and O–H groups in total. The molecule has 0 aliphatic rings. The highest BCUT2D eigenvalue weighted by atomic mass is 15.2. The molecule has 0 aromatic rings. The molecule has 7 heavy (non-hydrogen) atoms. The van der Waals surface area contributed by atoms with E-state index in [-0.39, 0.29) is 0 Å². The number of hydrogen-bond acceptors (Lipinski definition) is 3. The lowest BCUT2D eigenvalue weighted by Gasteiger charge is -1.98. The molecule has 0 radical (unpaired) electrons. The molecule has 3 nitrogen and oxygen atoms in total. The van der Waals surface area contributed by atoms with Crippen LogP contribution >= 0.6 is 0 Å². The van der Waals surface area contributed by atoms with Gasteiger partial charge in [-0.3, -0.25) is 5.84 Å². The average molecular weight is 101 g/mol. The van der Waals surface area contributed by atoms with Gasteiger partial charge in [0.1, 0.15) is 0 Å². The number of allylic oxidation sites excluding steroid dienone is 2. The zero-order chi connectivity index (χ0) is 5.86. The van der Waals surface area contributed by atoms with Gasteiger partial charge in [0.05, 0.1) is 0 Å². The summed E-state index contributed by atoms with van der Waals surface area (Å²) in [6.07, 6.45) is 0. The second-order valence-electron chi connectivity index (χ2n) is 1.45. The fraction of sp³-hybridized carbons (Fsp3) is 0.500. The van der Waals surface area contributed by atoms with Crippen LogP contribution in [0.5, 0.6) is 0 Å². The Labute approximate surface area is 43.3 Å². The zero-order valence-corrected chi connectivity index (χ0v) is 4.65. The van der Waals surface area contributed by atoms with Crippen LogP contribution in [0.15, 0.2) is 11.4 Å². The largest absolute Gasteiger partial charge is 0.401 e. The summed E-state index contributed by atoms with van der Waals surface area (Å²) in [5.74, 6) is 4.99. The smallest absolute Gasteiger partial charge is 0.0412 e. The van der Waals surface area contributed by atoms with Crippen molar-refractivity contribution in [2.45, 2.75) is 13.8 Å². The van der Waals surface area contributed by atoms with E-state index in [1.54, 1.807) is 6.92 Å². The summed E-state index contributed by atoms with van der Waals surface area (Å²) in [7, 11) is 0. The Kier molecular flexibility index (Phi) is 2.22. The van der Waals surface area contributed by atoms with E-state index in [9.17, 15) is 0 Å². The first kappa shape index (κ1) is 6.30. The summed E-state index contributed by atoms with van der Waals surface area (Å²) in [6.45, 7) is 3.60. The van der Waals surface area contributed by atoms with Gasteiger partial charge >= 0.3 is 0 Å². The van der Waals surface area contributed by atoms with E-state index in [1.165, 1.54) is 0 Å². The van der Waals surface area contributed by atoms with Crippen LogP contribution in [0.1, 0.15) is 13.8 Å². The van der Waals surface area contributed by atoms with Crippen LogP contribution in [0.3, 0.4) is 0 Å². The highest BCUT2D eigenvalue weighted by molar-refractivity contribution is 5.01. The lowest BCUT2D eigenvalue weighted by molar-refractivity contribution is 0.861. The van der Waals surface area contributed by atoms with E-state index in [1.807, 2.05) is 6.92 Å². The van der Waals surface area contributed by atoms with Gasteiger partial charge in [-0.1, -0.05) is 0 Å². The second-order valence-corrected chi connectivity index (χ2v) is 1.45. The molecule has 0 aliphatic heterocycles. The monoisotopic (exact) mass is 101 g/mol.